The van der Waals surface area contributed by atoms with Crippen molar-refractivity contribution >= 4 is 44.0 Å². The Labute approximate surface area is 137 Å². The van der Waals surface area contributed by atoms with Crippen molar-refractivity contribution in [3.8, 4) is 0 Å². The molecule has 0 bridgehead atoms. The van der Waals surface area contributed by atoms with E-state index in [2.05, 4.69) is 57.0 Å². The zero-order valence-electron chi connectivity index (χ0n) is 11.8. The lowest BCUT2D eigenvalue weighted by molar-refractivity contribution is -0.820. The lowest BCUT2D eigenvalue weighted by atomic mass is 9.60. The number of nitrogens with zero attached hydrogens (tertiary/aromatic N) is 1. The summed E-state index contributed by atoms with van der Waals surface area (Å²) >= 11 is 7.17. The van der Waals surface area contributed by atoms with Crippen molar-refractivity contribution < 1.29 is 13.7 Å². The number of rotatable bonds is 4. The Balaban J connectivity index is 2.03. The molecule has 0 atom stereocenters. The van der Waals surface area contributed by atoms with Crippen LogP contribution in [0.1, 0.15) is 19.8 Å². The van der Waals surface area contributed by atoms with Crippen LogP contribution in [0.15, 0.2) is 27.1 Å². The molecule has 110 valence electrons. The zero-order chi connectivity index (χ0) is 14.2. The molecule has 1 aromatic carbocycles. The summed E-state index contributed by atoms with van der Waals surface area (Å²) in [6.07, 6.45) is 2.44. The normalized spacial score (nSPS) is 32.5. The molecule has 0 N–H and O–H groups in total. The third-order valence-electron chi connectivity index (χ3n) is 4.74. The number of fused-ring (bicyclic) bond motifs is 1. The lowest BCUT2D eigenvalue weighted by Crippen LogP contribution is -2.69. The molecule has 2 aliphatic heterocycles. The van der Waals surface area contributed by atoms with Gasteiger partial charge in [-0.15, -0.1) is 0 Å². The molecule has 2 heterocycles. The Kier molecular flexibility index (Phi) is 4.31. The van der Waals surface area contributed by atoms with Gasteiger partial charge in [0.2, 0.25) is 0 Å². The average molecular weight is 405 g/mol. The van der Waals surface area contributed by atoms with Gasteiger partial charge >= 0.3 is 6.69 Å². The van der Waals surface area contributed by atoms with E-state index in [1.807, 2.05) is 0 Å². The molecule has 20 heavy (non-hydrogen) atoms. The summed E-state index contributed by atoms with van der Waals surface area (Å²) < 4.78 is 15.6. The van der Waals surface area contributed by atoms with E-state index in [0.29, 0.717) is 0 Å². The van der Waals surface area contributed by atoms with Gasteiger partial charge in [-0.3, -0.25) is 0 Å². The first kappa shape index (κ1) is 15.0. The standard InChI is InChI=1S/C14H20BBr2NO2/c1-2-3-4-18-5-7-19-15(18,20-8-6-18)12-9-13(16)11-14(17)10-12/h9-11H,2-8H2,1H3. The third kappa shape index (κ3) is 2.30. The molecule has 0 saturated carbocycles. The van der Waals surface area contributed by atoms with Crippen molar-refractivity contribution in [2.45, 2.75) is 19.8 Å². The van der Waals surface area contributed by atoms with E-state index in [1.54, 1.807) is 0 Å². The van der Waals surface area contributed by atoms with E-state index in [9.17, 15) is 0 Å². The number of hydrogen-bond donors (Lipinski definition) is 0. The molecule has 1 aromatic rings. The van der Waals surface area contributed by atoms with E-state index in [-0.39, 0.29) is 0 Å². The van der Waals surface area contributed by atoms with Crippen LogP contribution in [0.3, 0.4) is 0 Å². The van der Waals surface area contributed by atoms with Gasteiger partial charge in [0, 0.05) is 15.5 Å². The highest BCUT2D eigenvalue weighted by Gasteiger charge is 2.59. The topological polar surface area (TPSA) is 18.5 Å². The SMILES string of the molecule is CCCC[N+]12CCO[B-]1(c1cc(Br)cc(Br)c1)OCC2. The Morgan fingerprint density at radius 3 is 2.25 bits per heavy atom. The highest BCUT2D eigenvalue weighted by Crippen LogP contribution is 2.35. The summed E-state index contributed by atoms with van der Waals surface area (Å²) in [5.41, 5.74) is 1.18. The van der Waals surface area contributed by atoms with E-state index in [4.69, 9.17) is 9.31 Å². The minimum atomic E-state index is -1.38. The molecule has 6 heteroatoms. The molecule has 2 aliphatic rings. The number of quaternary nitrogens is 1. The van der Waals surface area contributed by atoms with Crippen LogP contribution in [0.5, 0.6) is 0 Å². The van der Waals surface area contributed by atoms with Crippen LogP contribution >= 0.6 is 31.9 Å². The monoisotopic (exact) mass is 403 g/mol. The predicted molar refractivity (Wildman–Crippen MR) is 88.9 cm³/mol. The first-order valence-corrected chi connectivity index (χ1v) is 8.95. The van der Waals surface area contributed by atoms with Crippen LogP contribution in [-0.2, 0) is 9.31 Å². The number of halogens is 2. The Morgan fingerprint density at radius 1 is 1.10 bits per heavy atom. The molecule has 0 unspecified atom stereocenters. The van der Waals surface area contributed by atoms with Crippen molar-refractivity contribution in [3.05, 3.63) is 27.1 Å². The van der Waals surface area contributed by atoms with Gasteiger partial charge in [-0.25, -0.2) is 0 Å². The van der Waals surface area contributed by atoms with E-state index >= 15 is 0 Å². The zero-order valence-corrected chi connectivity index (χ0v) is 15.0. The molecular weight excluding hydrogens is 385 g/mol. The number of unbranched alkanes of at least 4 members (excludes halogenated alkanes) is 1. The van der Waals surface area contributed by atoms with Gasteiger partial charge in [0.05, 0.1) is 26.3 Å². The van der Waals surface area contributed by atoms with Gasteiger partial charge < -0.3 is 13.7 Å². The molecule has 0 radical (unpaired) electrons. The molecule has 2 fully saturated rings. The second-order valence-corrected chi connectivity index (χ2v) is 7.69. The van der Waals surface area contributed by atoms with Crippen LogP contribution < -0.4 is 5.46 Å². The quantitative estimate of drug-likeness (QED) is 0.718. The van der Waals surface area contributed by atoms with Crippen LogP contribution in [0.4, 0.5) is 0 Å². The number of hydrogen-bond acceptors (Lipinski definition) is 2. The van der Waals surface area contributed by atoms with Crippen LogP contribution in [0.25, 0.3) is 0 Å². The second-order valence-electron chi connectivity index (χ2n) is 5.86. The highest BCUT2D eigenvalue weighted by molar-refractivity contribution is 9.11. The smallest absolute Gasteiger partial charge is 0.502 e. The molecule has 0 aliphatic carbocycles. The maximum Gasteiger partial charge on any atom is 0.502 e. The molecule has 3 nitrogen and oxygen atoms in total. The minimum Gasteiger partial charge on any atom is -0.505 e. The van der Waals surface area contributed by atoms with Gasteiger partial charge in [0.1, 0.15) is 0 Å². The first-order valence-electron chi connectivity index (χ1n) is 7.36. The molecule has 0 spiro atoms. The summed E-state index contributed by atoms with van der Waals surface area (Å²) in [4.78, 5) is 0. The van der Waals surface area contributed by atoms with Gasteiger partial charge in [0.15, 0.2) is 0 Å². The van der Waals surface area contributed by atoms with Crippen LogP contribution in [-0.4, -0.2) is 43.9 Å². The Bertz CT molecular complexity index is 482. The highest BCUT2D eigenvalue weighted by atomic mass is 79.9. The lowest BCUT2D eigenvalue weighted by Gasteiger charge is -2.47. The van der Waals surface area contributed by atoms with Crippen LogP contribution in [0, 0.1) is 0 Å². The van der Waals surface area contributed by atoms with Gasteiger partial charge in [-0.1, -0.05) is 62.8 Å². The summed E-state index contributed by atoms with van der Waals surface area (Å²) in [5, 5.41) is 0. The van der Waals surface area contributed by atoms with E-state index < -0.39 is 6.69 Å². The van der Waals surface area contributed by atoms with E-state index in [1.165, 1.54) is 18.3 Å². The second kappa shape index (κ2) is 5.73. The number of benzene rings is 1. The molecule has 0 aromatic heterocycles. The summed E-state index contributed by atoms with van der Waals surface area (Å²) in [6.45, 7) is 5.76. The summed E-state index contributed by atoms with van der Waals surface area (Å²) in [6, 6.07) is 6.36. The fourth-order valence-electron chi connectivity index (χ4n) is 3.77. The molecule has 0 amide bonds. The molecule has 2 saturated heterocycles. The maximum absolute atomic E-state index is 6.23. The van der Waals surface area contributed by atoms with Crippen molar-refractivity contribution in [2.24, 2.45) is 0 Å². The summed E-state index contributed by atoms with van der Waals surface area (Å²) in [5.74, 6) is 0. The molecular formula is C14H20BBr2NO2. The predicted octanol–water partition coefficient (Wildman–Crippen LogP) is 3.03. The van der Waals surface area contributed by atoms with Gasteiger partial charge in [-0.05, 0) is 12.5 Å². The fraction of sp³-hybridized carbons (Fsp3) is 0.571. The van der Waals surface area contributed by atoms with Gasteiger partial charge in [-0.2, -0.15) is 0 Å². The minimum absolute atomic E-state index is 0.799. The van der Waals surface area contributed by atoms with Crippen molar-refractivity contribution in [3.63, 3.8) is 0 Å². The Morgan fingerprint density at radius 2 is 1.70 bits per heavy atom. The third-order valence-corrected chi connectivity index (χ3v) is 5.66. The molecule has 3 rings (SSSR count). The fourth-order valence-corrected chi connectivity index (χ4v) is 5.09. The average Bonchev–Trinajstić information content (AvgIpc) is 2.90. The van der Waals surface area contributed by atoms with Crippen molar-refractivity contribution in [1.29, 1.82) is 0 Å². The Hall–Kier alpha value is 0.125. The largest absolute Gasteiger partial charge is 0.505 e. The van der Waals surface area contributed by atoms with Crippen molar-refractivity contribution in [1.82, 2.24) is 0 Å². The van der Waals surface area contributed by atoms with Crippen molar-refractivity contribution in [2.75, 3.05) is 32.8 Å². The maximum atomic E-state index is 6.23. The summed E-state index contributed by atoms with van der Waals surface area (Å²) in [7, 11) is 0. The van der Waals surface area contributed by atoms with Crippen LogP contribution in [0.2, 0.25) is 0 Å². The van der Waals surface area contributed by atoms with E-state index in [0.717, 1.165) is 46.2 Å². The first-order chi connectivity index (χ1) is 9.62. The van der Waals surface area contributed by atoms with Gasteiger partial charge in [0.25, 0.3) is 0 Å².